The summed E-state index contributed by atoms with van der Waals surface area (Å²) in [6.07, 6.45) is 7.83. The molecule has 4 N–H and O–H groups in total. The molecule has 3 aromatic rings. The van der Waals surface area contributed by atoms with Gasteiger partial charge in [-0.15, -0.1) is 0 Å². The van der Waals surface area contributed by atoms with Crippen LogP contribution in [0.5, 0.6) is 0 Å². The predicted octanol–water partition coefficient (Wildman–Crippen LogP) is 1.18. The van der Waals surface area contributed by atoms with Crippen LogP contribution in [0.1, 0.15) is 18.6 Å². The standard InChI is InChI=1S/C12H15N7O/c1-2-8-5-15-10(20-8)6-16-11-12-14-3-4-19(12)7-9(17-11)18-13/h3-5,7,18H,2,6,13H2,1H3,(H,16,17). The second-order valence-corrected chi connectivity index (χ2v) is 4.20. The number of aromatic nitrogens is 4. The van der Waals surface area contributed by atoms with Crippen molar-refractivity contribution in [1.29, 1.82) is 0 Å². The Balaban J connectivity index is 1.84. The Morgan fingerprint density at radius 1 is 1.40 bits per heavy atom. The first-order chi connectivity index (χ1) is 9.80. The highest BCUT2D eigenvalue weighted by molar-refractivity contribution is 5.65. The van der Waals surface area contributed by atoms with Crippen LogP contribution in [0, 0.1) is 0 Å². The van der Waals surface area contributed by atoms with Gasteiger partial charge in [0, 0.05) is 18.8 Å². The number of hydrogen-bond acceptors (Lipinski definition) is 7. The molecule has 8 nitrogen and oxygen atoms in total. The lowest BCUT2D eigenvalue weighted by Crippen LogP contribution is -2.12. The van der Waals surface area contributed by atoms with E-state index >= 15 is 0 Å². The van der Waals surface area contributed by atoms with Gasteiger partial charge in [-0.05, 0) is 0 Å². The van der Waals surface area contributed by atoms with E-state index < -0.39 is 0 Å². The average Bonchev–Trinajstić information content (AvgIpc) is 3.12. The van der Waals surface area contributed by atoms with Gasteiger partial charge < -0.3 is 19.6 Å². The predicted molar refractivity (Wildman–Crippen MR) is 74.0 cm³/mol. The molecule has 0 aliphatic heterocycles. The number of rotatable bonds is 5. The van der Waals surface area contributed by atoms with Crippen molar-refractivity contribution in [3.05, 3.63) is 36.4 Å². The Kier molecular flexibility index (Phi) is 3.21. The van der Waals surface area contributed by atoms with Gasteiger partial charge in [0.25, 0.3) is 0 Å². The number of hydrogen-bond donors (Lipinski definition) is 3. The minimum Gasteiger partial charge on any atom is -0.444 e. The number of anilines is 2. The lowest BCUT2D eigenvalue weighted by Gasteiger charge is -2.07. The summed E-state index contributed by atoms with van der Waals surface area (Å²) < 4.78 is 7.37. The molecule has 20 heavy (non-hydrogen) atoms. The van der Waals surface area contributed by atoms with Gasteiger partial charge in [0.1, 0.15) is 5.76 Å². The van der Waals surface area contributed by atoms with Crippen molar-refractivity contribution in [1.82, 2.24) is 19.4 Å². The van der Waals surface area contributed by atoms with Crippen molar-refractivity contribution in [2.75, 3.05) is 10.7 Å². The number of nitrogen functional groups attached to an aromatic ring is 1. The molecular weight excluding hydrogens is 258 g/mol. The maximum Gasteiger partial charge on any atom is 0.213 e. The molecule has 3 rings (SSSR count). The minimum absolute atomic E-state index is 0.434. The summed E-state index contributed by atoms with van der Waals surface area (Å²) >= 11 is 0. The second kappa shape index (κ2) is 5.17. The third kappa shape index (κ3) is 2.28. The maximum atomic E-state index is 5.54. The number of oxazole rings is 1. The molecule has 3 aromatic heterocycles. The summed E-state index contributed by atoms with van der Waals surface area (Å²) in [4.78, 5) is 12.8. The quantitative estimate of drug-likeness (QED) is 0.473. The van der Waals surface area contributed by atoms with E-state index in [1.807, 2.05) is 17.5 Å². The van der Waals surface area contributed by atoms with Crippen molar-refractivity contribution in [3.8, 4) is 0 Å². The molecule has 0 atom stereocenters. The van der Waals surface area contributed by atoms with Crippen LogP contribution in [0.3, 0.4) is 0 Å². The molecule has 0 aliphatic rings. The molecule has 0 fully saturated rings. The monoisotopic (exact) mass is 273 g/mol. The fraction of sp³-hybridized carbons (Fsp3) is 0.250. The SMILES string of the molecule is CCc1cnc(CNc2nc(NN)cn3ccnc23)o1. The van der Waals surface area contributed by atoms with E-state index in [0.717, 1.165) is 12.2 Å². The Hall–Kier alpha value is -2.61. The van der Waals surface area contributed by atoms with Crippen molar-refractivity contribution in [3.63, 3.8) is 0 Å². The van der Waals surface area contributed by atoms with Gasteiger partial charge in [-0.2, -0.15) is 0 Å². The lowest BCUT2D eigenvalue weighted by atomic mass is 10.4. The van der Waals surface area contributed by atoms with Crippen LogP contribution < -0.4 is 16.6 Å². The number of nitrogens with two attached hydrogens (primary N) is 1. The fourth-order valence-corrected chi connectivity index (χ4v) is 1.87. The molecule has 8 heteroatoms. The first-order valence-electron chi connectivity index (χ1n) is 6.28. The molecular formula is C12H15N7O. The molecule has 0 aromatic carbocycles. The molecule has 0 amide bonds. The highest BCUT2D eigenvalue weighted by Crippen LogP contribution is 2.16. The normalized spacial score (nSPS) is 10.9. The summed E-state index contributed by atoms with van der Waals surface area (Å²) in [7, 11) is 0. The molecule has 0 unspecified atom stereocenters. The number of aryl methyl sites for hydroxylation is 1. The highest BCUT2D eigenvalue weighted by Gasteiger charge is 2.08. The highest BCUT2D eigenvalue weighted by atomic mass is 16.4. The van der Waals surface area contributed by atoms with Crippen LogP contribution in [0.4, 0.5) is 11.6 Å². The van der Waals surface area contributed by atoms with Crippen molar-refractivity contribution < 1.29 is 4.42 Å². The Labute approximate surface area is 115 Å². The third-order valence-corrected chi connectivity index (χ3v) is 2.88. The van der Waals surface area contributed by atoms with Crippen LogP contribution in [0.25, 0.3) is 5.65 Å². The van der Waals surface area contributed by atoms with Crippen molar-refractivity contribution in [2.45, 2.75) is 19.9 Å². The van der Waals surface area contributed by atoms with Gasteiger partial charge >= 0.3 is 0 Å². The Bertz CT molecular complexity index is 717. The number of imidazole rings is 1. The van der Waals surface area contributed by atoms with Gasteiger partial charge in [-0.1, -0.05) is 6.92 Å². The van der Waals surface area contributed by atoms with E-state index in [9.17, 15) is 0 Å². The summed E-state index contributed by atoms with van der Waals surface area (Å²) in [5.74, 6) is 8.03. The van der Waals surface area contributed by atoms with Crippen molar-refractivity contribution in [2.24, 2.45) is 5.84 Å². The third-order valence-electron chi connectivity index (χ3n) is 2.88. The molecule has 0 aliphatic carbocycles. The zero-order valence-electron chi connectivity index (χ0n) is 11.0. The van der Waals surface area contributed by atoms with E-state index in [4.69, 9.17) is 10.3 Å². The van der Waals surface area contributed by atoms with Gasteiger partial charge in [0.05, 0.1) is 18.9 Å². The molecule has 0 saturated carbocycles. The first-order valence-corrected chi connectivity index (χ1v) is 6.28. The lowest BCUT2D eigenvalue weighted by molar-refractivity contribution is 0.465. The van der Waals surface area contributed by atoms with Gasteiger partial charge in [-0.3, -0.25) is 0 Å². The summed E-state index contributed by atoms with van der Waals surface area (Å²) in [5.41, 5.74) is 3.24. The van der Waals surface area contributed by atoms with E-state index in [1.54, 1.807) is 18.6 Å². The topological polar surface area (TPSA) is 106 Å². The first kappa shape index (κ1) is 12.4. The number of nitrogens with one attached hydrogen (secondary N) is 2. The summed E-state index contributed by atoms with van der Waals surface area (Å²) in [6, 6.07) is 0. The minimum atomic E-state index is 0.434. The van der Waals surface area contributed by atoms with Crippen LogP contribution in [-0.2, 0) is 13.0 Å². The molecule has 0 saturated heterocycles. The van der Waals surface area contributed by atoms with E-state index in [1.165, 1.54) is 0 Å². The van der Waals surface area contributed by atoms with Gasteiger partial charge in [0.2, 0.25) is 5.89 Å². The summed E-state index contributed by atoms with van der Waals surface area (Å²) in [5, 5.41) is 3.16. The zero-order chi connectivity index (χ0) is 13.9. The van der Waals surface area contributed by atoms with Crippen LogP contribution >= 0.6 is 0 Å². The Morgan fingerprint density at radius 3 is 3.05 bits per heavy atom. The molecule has 104 valence electrons. The Morgan fingerprint density at radius 2 is 2.30 bits per heavy atom. The molecule has 3 heterocycles. The number of fused-ring (bicyclic) bond motifs is 1. The largest absolute Gasteiger partial charge is 0.444 e. The number of nitrogens with zero attached hydrogens (tertiary/aromatic N) is 4. The molecule has 0 radical (unpaired) electrons. The van der Waals surface area contributed by atoms with E-state index in [0.29, 0.717) is 29.7 Å². The van der Waals surface area contributed by atoms with Crippen LogP contribution in [-0.4, -0.2) is 19.4 Å². The van der Waals surface area contributed by atoms with E-state index in [2.05, 4.69) is 25.7 Å². The van der Waals surface area contributed by atoms with Gasteiger partial charge in [0.15, 0.2) is 17.3 Å². The zero-order valence-corrected chi connectivity index (χ0v) is 11.0. The van der Waals surface area contributed by atoms with E-state index in [-0.39, 0.29) is 0 Å². The van der Waals surface area contributed by atoms with Crippen LogP contribution in [0.15, 0.2) is 29.2 Å². The summed E-state index contributed by atoms with van der Waals surface area (Å²) in [6.45, 7) is 2.45. The molecule has 0 spiro atoms. The second-order valence-electron chi connectivity index (χ2n) is 4.20. The maximum absolute atomic E-state index is 5.54. The average molecular weight is 273 g/mol. The van der Waals surface area contributed by atoms with Crippen molar-refractivity contribution >= 4 is 17.3 Å². The van der Waals surface area contributed by atoms with Gasteiger partial charge in [-0.25, -0.2) is 20.8 Å². The molecule has 0 bridgehead atoms. The van der Waals surface area contributed by atoms with Crippen LogP contribution in [0.2, 0.25) is 0 Å². The number of hydrazine groups is 1. The smallest absolute Gasteiger partial charge is 0.213 e. The fourth-order valence-electron chi connectivity index (χ4n) is 1.87.